The van der Waals surface area contributed by atoms with E-state index < -0.39 is 0 Å². The van der Waals surface area contributed by atoms with Crippen LogP contribution in [-0.4, -0.2) is 17.4 Å². The lowest BCUT2D eigenvalue weighted by Crippen LogP contribution is -2.35. The lowest BCUT2D eigenvalue weighted by molar-refractivity contribution is -0.123. The van der Waals surface area contributed by atoms with Gasteiger partial charge in [0.25, 0.3) is 0 Å². The molecule has 1 aromatic heterocycles. The third-order valence-corrected chi connectivity index (χ3v) is 3.24. The first-order chi connectivity index (χ1) is 9.72. The van der Waals surface area contributed by atoms with Gasteiger partial charge in [-0.15, -0.1) is 0 Å². The molecule has 4 nitrogen and oxygen atoms in total. The van der Waals surface area contributed by atoms with Gasteiger partial charge in [0, 0.05) is 12.7 Å². The first-order valence-corrected chi connectivity index (χ1v) is 6.68. The van der Waals surface area contributed by atoms with Crippen LogP contribution in [0.1, 0.15) is 30.1 Å². The van der Waals surface area contributed by atoms with Crippen LogP contribution in [0.2, 0.25) is 0 Å². The molecule has 1 aromatic carbocycles. The molecule has 3 N–H and O–H groups in total. The Balaban J connectivity index is 2.07. The molecule has 0 bridgehead atoms. The minimum Gasteiger partial charge on any atom is -0.347 e. The highest BCUT2D eigenvalue weighted by Crippen LogP contribution is 2.16. The zero-order chi connectivity index (χ0) is 14.4. The van der Waals surface area contributed by atoms with E-state index in [4.69, 9.17) is 5.73 Å². The number of amides is 1. The van der Waals surface area contributed by atoms with Gasteiger partial charge in [-0.1, -0.05) is 36.4 Å². The molecule has 2 aromatic rings. The van der Waals surface area contributed by atoms with Crippen molar-refractivity contribution < 1.29 is 4.79 Å². The Morgan fingerprint density at radius 2 is 1.90 bits per heavy atom. The van der Waals surface area contributed by atoms with Crippen molar-refractivity contribution >= 4 is 5.91 Å². The van der Waals surface area contributed by atoms with Gasteiger partial charge in [-0.25, -0.2) is 0 Å². The molecule has 2 unspecified atom stereocenters. The van der Waals surface area contributed by atoms with Crippen molar-refractivity contribution in [2.75, 3.05) is 6.54 Å². The number of hydrogen-bond donors (Lipinski definition) is 2. The second-order valence-electron chi connectivity index (χ2n) is 4.68. The summed E-state index contributed by atoms with van der Waals surface area (Å²) in [6.07, 6.45) is 1.72. The fraction of sp³-hybridized carbons (Fsp3) is 0.250. The Labute approximate surface area is 119 Å². The van der Waals surface area contributed by atoms with Gasteiger partial charge in [0.15, 0.2) is 0 Å². The van der Waals surface area contributed by atoms with Crippen LogP contribution in [0, 0.1) is 0 Å². The van der Waals surface area contributed by atoms with E-state index in [9.17, 15) is 4.79 Å². The molecular weight excluding hydrogens is 250 g/mol. The number of rotatable bonds is 5. The van der Waals surface area contributed by atoms with Crippen LogP contribution >= 0.6 is 0 Å². The number of nitrogens with two attached hydrogens (primary N) is 1. The van der Waals surface area contributed by atoms with E-state index in [-0.39, 0.29) is 24.4 Å². The second kappa shape index (κ2) is 6.82. The number of carbonyl (C=O) groups excluding carboxylic acids is 1. The Bertz CT molecular complexity index is 542. The maximum absolute atomic E-state index is 12.3. The topological polar surface area (TPSA) is 68.0 Å². The van der Waals surface area contributed by atoms with E-state index >= 15 is 0 Å². The molecule has 20 heavy (non-hydrogen) atoms. The van der Waals surface area contributed by atoms with Gasteiger partial charge in [0.1, 0.15) is 0 Å². The van der Waals surface area contributed by atoms with Gasteiger partial charge >= 0.3 is 0 Å². The number of hydrogen-bond acceptors (Lipinski definition) is 3. The van der Waals surface area contributed by atoms with E-state index in [1.807, 2.05) is 55.5 Å². The first-order valence-electron chi connectivity index (χ1n) is 6.68. The average Bonchev–Trinajstić information content (AvgIpc) is 2.50. The molecule has 104 valence electrons. The number of nitrogens with zero attached hydrogens (tertiary/aromatic N) is 1. The van der Waals surface area contributed by atoms with Crippen molar-refractivity contribution in [2.45, 2.75) is 18.9 Å². The Kier molecular flexibility index (Phi) is 4.85. The van der Waals surface area contributed by atoms with Gasteiger partial charge < -0.3 is 11.1 Å². The first kappa shape index (κ1) is 14.2. The summed E-state index contributed by atoms with van der Waals surface area (Å²) in [6, 6.07) is 15.1. The van der Waals surface area contributed by atoms with E-state index in [2.05, 4.69) is 10.3 Å². The second-order valence-corrected chi connectivity index (χ2v) is 4.68. The van der Waals surface area contributed by atoms with Crippen LogP contribution in [-0.2, 0) is 4.79 Å². The van der Waals surface area contributed by atoms with Crippen LogP contribution in [0.5, 0.6) is 0 Å². The normalized spacial score (nSPS) is 13.5. The molecule has 2 atom stereocenters. The summed E-state index contributed by atoms with van der Waals surface area (Å²) in [7, 11) is 0. The summed E-state index contributed by atoms with van der Waals surface area (Å²) in [4.78, 5) is 16.6. The molecule has 0 saturated heterocycles. The lowest BCUT2D eigenvalue weighted by Gasteiger charge is -2.19. The fourth-order valence-electron chi connectivity index (χ4n) is 2.10. The van der Waals surface area contributed by atoms with Crippen molar-refractivity contribution in [3.63, 3.8) is 0 Å². The van der Waals surface area contributed by atoms with E-state index in [0.717, 1.165) is 11.3 Å². The van der Waals surface area contributed by atoms with Crippen LogP contribution < -0.4 is 11.1 Å². The van der Waals surface area contributed by atoms with E-state index in [1.165, 1.54) is 0 Å². The number of pyridine rings is 1. The highest BCUT2D eigenvalue weighted by molar-refractivity contribution is 5.84. The lowest BCUT2D eigenvalue weighted by atomic mass is 9.98. The summed E-state index contributed by atoms with van der Waals surface area (Å²) in [5, 5.41) is 2.96. The highest BCUT2D eigenvalue weighted by Gasteiger charge is 2.21. The monoisotopic (exact) mass is 269 g/mol. The number of nitrogens with one attached hydrogen (secondary N) is 1. The Morgan fingerprint density at radius 3 is 2.50 bits per heavy atom. The van der Waals surface area contributed by atoms with Crippen LogP contribution in [0.15, 0.2) is 54.7 Å². The minimum absolute atomic E-state index is 0.0724. The predicted octanol–water partition coefficient (Wildman–Crippen LogP) is 2.00. The molecule has 0 radical (unpaired) electrons. The third kappa shape index (κ3) is 3.42. The summed E-state index contributed by atoms with van der Waals surface area (Å²) in [6.45, 7) is 2.20. The van der Waals surface area contributed by atoms with Crippen molar-refractivity contribution in [1.82, 2.24) is 10.3 Å². The van der Waals surface area contributed by atoms with Gasteiger partial charge in [0.05, 0.1) is 17.7 Å². The fourth-order valence-corrected chi connectivity index (χ4v) is 2.10. The third-order valence-electron chi connectivity index (χ3n) is 3.24. The van der Waals surface area contributed by atoms with E-state index in [1.54, 1.807) is 6.20 Å². The Morgan fingerprint density at radius 1 is 1.20 bits per heavy atom. The maximum atomic E-state index is 12.3. The summed E-state index contributed by atoms with van der Waals surface area (Å²) >= 11 is 0. The highest BCUT2D eigenvalue weighted by atomic mass is 16.1. The number of aromatic nitrogens is 1. The van der Waals surface area contributed by atoms with Crippen molar-refractivity contribution in [2.24, 2.45) is 5.73 Å². The molecule has 4 heteroatoms. The van der Waals surface area contributed by atoms with Gasteiger partial charge in [-0.2, -0.15) is 0 Å². The van der Waals surface area contributed by atoms with Crippen LogP contribution in [0.25, 0.3) is 0 Å². The molecule has 2 rings (SSSR count). The van der Waals surface area contributed by atoms with Crippen molar-refractivity contribution in [3.8, 4) is 0 Å². The number of carbonyl (C=O) groups is 1. The largest absolute Gasteiger partial charge is 0.347 e. The SMILES string of the molecule is CC(NC(=O)C(CN)c1ccccc1)c1ccccn1. The van der Waals surface area contributed by atoms with Gasteiger partial charge in [0.2, 0.25) is 5.91 Å². The Hall–Kier alpha value is -2.20. The maximum Gasteiger partial charge on any atom is 0.229 e. The van der Waals surface area contributed by atoms with Crippen LogP contribution in [0.4, 0.5) is 0 Å². The molecule has 0 aliphatic rings. The van der Waals surface area contributed by atoms with E-state index in [0.29, 0.717) is 0 Å². The standard InChI is InChI=1S/C16H19N3O/c1-12(15-9-5-6-10-18-15)19-16(20)14(11-17)13-7-3-2-4-8-13/h2-10,12,14H,11,17H2,1H3,(H,19,20). The molecular formula is C16H19N3O. The smallest absolute Gasteiger partial charge is 0.229 e. The zero-order valence-electron chi connectivity index (χ0n) is 11.5. The average molecular weight is 269 g/mol. The summed E-state index contributed by atoms with van der Waals surface area (Å²) in [5.41, 5.74) is 7.51. The molecule has 1 amide bonds. The zero-order valence-corrected chi connectivity index (χ0v) is 11.5. The molecule has 0 saturated carbocycles. The summed E-state index contributed by atoms with van der Waals surface area (Å²) in [5.74, 6) is -0.404. The molecule has 0 spiro atoms. The number of benzene rings is 1. The predicted molar refractivity (Wildman–Crippen MR) is 79.0 cm³/mol. The van der Waals surface area contributed by atoms with Gasteiger partial charge in [-0.05, 0) is 24.6 Å². The molecule has 0 aliphatic carbocycles. The van der Waals surface area contributed by atoms with Crippen LogP contribution in [0.3, 0.4) is 0 Å². The molecule has 0 aliphatic heterocycles. The molecule has 0 fully saturated rings. The van der Waals surface area contributed by atoms with Crippen molar-refractivity contribution in [3.05, 3.63) is 66.0 Å². The minimum atomic E-state index is -0.331. The quantitative estimate of drug-likeness (QED) is 0.872. The van der Waals surface area contributed by atoms with Gasteiger partial charge in [-0.3, -0.25) is 9.78 Å². The molecule has 1 heterocycles. The summed E-state index contributed by atoms with van der Waals surface area (Å²) < 4.78 is 0. The van der Waals surface area contributed by atoms with Crippen molar-refractivity contribution in [1.29, 1.82) is 0 Å².